The molecule has 0 fully saturated rings. The van der Waals surface area contributed by atoms with Crippen LogP contribution in [0.4, 0.5) is 0 Å². The van der Waals surface area contributed by atoms with Crippen molar-refractivity contribution in [2.24, 2.45) is 0 Å². The van der Waals surface area contributed by atoms with E-state index in [0.29, 0.717) is 0 Å². The number of nitrogens with zero attached hydrogens (tertiary/aromatic N) is 1. The SMILES string of the molecule is CC(C)(O)C(C)(C)O[B]c1cc2cccnc2c2c1oc1ccccc12. The number of fused-ring (bicyclic) bond motifs is 5. The van der Waals surface area contributed by atoms with Gasteiger partial charge in [0.15, 0.2) is 0 Å². The molecule has 2 heterocycles. The van der Waals surface area contributed by atoms with Crippen molar-refractivity contribution in [3.05, 3.63) is 48.7 Å². The number of hydrogen-bond donors (Lipinski definition) is 1. The van der Waals surface area contributed by atoms with Gasteiger partial charge in [-0.05, 0) is 45.3 Å². The Hall–Kier alpha value is -2.37. The van der Waals surface area contributed by atoms with Crippen molar-refractivity contribution in [3.8, 4) is 0 Å². The largest absolute Gasteiger partial charge is 0.456 e. The maximum Gasteiger partial charge on any atom is 0.334 e. The Morgan fingerprint density at radius 1 is 1.08 bits per heavy atom. The van der Waals surface area contributed by atoms with Gasteiger partial charge in [-0.1, -0.05) is 30.3 Å². The topological polar surface area (TPSA) is 55.5 Å². The fourth-order valence-corrected chi connectivity index (χ4v) is 2.90. The Kier molecular flexibility index (Phi) is 3.83. The zero-order valence-electron chi connectivity index (χ0n) is 15.4. The first-order chi connectivity index (χ1) is 12.3. The summed E-state index contributed by atoms with van der Waals surface area (Å²) in [4.78, 5) is 4.57. The Morgan fingerprint density at radius 3 is 2.62 bits per heavy atom. The van der Waals surface area contributed by atoms with Gasteiger partial charge in [0.2, 0.25) is 0 Å². The van der Waals surface area contributed by atoms with Gasteiger partial charge in [-0.3, -0.25) is 4.98 Å². The van der Waals surface area contributed by atoms with E-state index in [9.17, 15) is 5.11 Å². The van der Waals surface area contributed by atoms with E-state index in [1.54, 1.807) is 27.5 Å². The summed E-state index contributed by atoms with van der Waals surface area (Å²) >= 11 is 0. The van der Waals surface area contributed by atoms with Crippen LogP contribution < -0.4 is 5.46 Å². The lowest BCUT2D eigenvalue weighted by molar-refractivity contribution is -0.0893. The Morgan fingerprint density at radius 2 is 1.85 bits per heavy atom. The van der Waals surface area contributed by atoms with E-state index in [0.717, 1.165) is 38.3 Å². The predicted molar refractivity (Wildman–Crippen MR) is 106 cm³/mol. The average Bonchev–Trinajstić information content (AvgIpc) is 2.98. The molecule has 5 heteroatoms. The highest BCUT2D eigenvalue weighted by atomic mass is 16.5. The van der Waals surface area contributed by atoms with Crippen molar-refractivity contribution in [3.63, 3.8) is 0 Å². The zero-order valence-corrected chi connectivity index (χ0v) is 15.4. The molecule has 0 aliphatic carbocycles. The van der Waals surface area contributed by atoms with Crippen molar-refractivity contribution in [2.75, 3.05) is 0 Å². The molecular formula is C21H21BNO3. The molecule has 4 rings (SSSR count). The minimum Gasteiger partial charge on any atom is -0.456 e. The van der Waals surface area contributed by atoms with E-state index in [4.69, 9.17) is 9.07 Å². The summed E-state index contributed by atoms with van der Waals surface area (Å²) < 4.78 is 12.1. The number of aromatic nitrogens is 1. The van der Waals surface area contributed by atoms with Crippen LogP contribution in [-0.2, 0) is 4.65 Å². The molecule has 0 aliphatic rings. The molecule has 4 aromatic rings. The van der Waals surface area contributed by atoms with Crippen molar-refractivity contribution >= 4 is 45.8 Å². The standard InChI is InChI=1S/C21H21BNO3/c1-20(2,24)21(3,4)26-22-15-12-13-8-7-11-23-18(13)17-14-9-5-6-10-16(14)25-19(15)17/h5-12,24H,1-4H3. The molecule has 4 nitrogen and oxygen atoms in total. The van der Waals surface area contributed by atoms with Crippen LogP contribution in [0.15, 0.2) is 53.1 Å². The number of benzene rings is 2. The summed E-state index contributed by atoms with van der Waals surface area (Å²) in [6, 6.07) is 13.9. The third-order valence-corrected chi connectivity index (χ3v) is 5.20. The molecule has 0 spiro atoms. The Balaban J connectivity index is 1.91. The maximum absolute atomic E-state index is 10.3. The van der Waals surface area contributed by atoms with E-state index in [-0.39, 0.29) is 0 Å². The first kappa shape index (κ1) is 17.1. The number of furan rings is 1. The third kappa shape index (κ3) is 2.68. The molecule has 0 aliphatic heterocycles. The lowest BCUT2D eigenvalue weighted by Gasteiger charge is -2.37. The van der Waals surface area contributed by atoms with Crippen LogP contribution in [0.5, 0.6) is 0 Å². The lowest BCUT2D eigenvalue weighted by atomic mass is 9.81. The molecule has 131 valence electrons. The molecule has 26 heavy (non-hydrogen) atoms. The van der Waals surface area contributed by atoms with Crippen molar-refractivity contribution < 1.29 is 14.2 Å². The van der Waals surface area contributed by atoms with E-state index in [1.165, 1.54) is 0 Å². The summed E-state index contributed by atoms with van der Waals surface area (Å²) in [6.07, 6.45) is 1.79. The minimum atomic E-state index is -0.991. The summed E-state index contributed by atoms with van der Waals surface area (Å²) in [5.74, 6) is 0. The molecule has 0 atom stereocenters. The van der Waals surface area contributed by atoms with Crippen molar-refractivity contribution in [1.29, 1.82) is 0 Å². The Bertz CT molecular complexity index is 1110. The smallest absolute Gasteiger partial charge is 0.334 e. The molecule has 0 bridgehead atoms. The molecule has 0 saturated heterocycles. The second kappa shape index (κ2) is 5.83. The van der Waals surface area contributed by atoms with Gasteiger partial charge in [0.05, 0.1) is 22.1 Å². The highest BCUT2D eigenvalue weighted by molar-refractivity contribution is 6.52. The number of aliphatic hydroxyl groups is 1. The molecule has 0 saturated carbocycles. The van der Waals surface area contributed by atoms with E-state index >= 15 is 0 Å². The number of pyridine rings is 1. The van der Waals surface area contributed by atoms with E-state index in [2.05, 4.69) is 4.98 Å². The zero-order chi connectivity index (χ0) is 18.5. The highest BCUT2D eigenvalue weighted by Gasteiger charge is 2.36. The number of hydrogen-bond acceptors (Lipinski definition) is 4. The third-order valence-electron chi connectivity index (χ3n) is 5.20. The van der Waals surface area contributed by atoms with Crippen molar-refractivity contribution in [1.82, 2.24) is 4.98 Å². The summed E-state index contributed by atoms with van der Waals surface area (Å²) in [5, 5.41) is 13.4. The van der Waals surface area contributed by atoms with Crippen molar-refractivity contribution in [2.45, 2.75) is 38.9 Å². The van der Waals surface area contributed by atoms with Gasteiger partial charge in [0.1, 0.15) is 11.2 Å². The van der Waals surface area contributed by atoms with Crippen LogP contribution in [0, 0.1) is 0 Å². The normalized spacial score (nSPS) is 13.0. The van der Waals surface area contributed by atoms with Crippen LogP contribution in [-0.4, -0.2) is 28.8 Å². The monoisotopic (exact) mass is 346 g/mol. The second-order valence-corrected chi connectivity index (χ2v) is 7.65. The van der Waals surface area contributed by atoms with Gasteiger partial charge in [0.25, 0.3) is 0 Å². The van der Waals surface area contributed by atoms with Crippen LogP contribution in [0.1, 0.15) is 27.7 Å². The molecule has 0 amide bonds. The van der Waals surface area contributed by atoms with Crippen LogP contribution in [0.2, 0.25) is 0 Å². The molecule has 2 aromatic carbocycles. The fourth-order valence-electron chi connectivity index (χ4n) is 2.90. The van der Waals surface area contributed by atoms with Gasteiger partial charge >= 0.3 is 7.48 Å². The molecule has 2 aromatic heterocycles. The van der Waals surface area contributed by atoms with E-state index < -0.39 is 11.2 Å². The number of para-hydroxylation sites is 1. The van der Waals surface area contributed by atoms with Gasteiger partial charge in [-0.2, -0.15) is 0 Å². The quantitative estimate of drug-likeness (QED) is 0.569. The van der Waals surface area contributed by atoms with Gasteiger partial charge < -0.3 is 14.2 Å². The summed E-state index contributed by atoms with van der Waals surface area (Å²) in [6.45, 7) is 7.20. The van der Waals surface area contributed by atoms with Crippen LogP contribution in [0.25, 0.3) is 32.8 Å². The van der Waals surface area contributed by atoms with Gasteiger partial charge in [-0.25, -0.2) is 0 Å². The van der Waals surface area contributed by atoms with E-state index in [1.807, 2.05) is 56.3 Å². The summed E-state index contributed by atoms with van der Waals surface area (Å²) in [7, 11) is 1.68. The second-order valence-electron chi connectivity index (χ2n) is 7.65. The number of rotatable bonds is 4. The predicted octanol–water partition coefficient (Wildman–Crippen LogP) is 3.94. The molecule has 1 N–H and O–H groups in total. The van der Waals surface area contributed by atoms with Gasteiger partial charge in [0, 0.05) is 17.0 Å². The molecule has 1 radical (unpaired) electrons. The fraction of sp³-hybridized carbons (Fsp3) is 0.286. The first-order valence-electron chi connectivity index (χ1n) is 8.70. The average molecular weight is 346 g/mol. The van der Waals surface area contributed by atoms with Crippen LogP contribution >= 0.6 is 0 Å². The summed E-state index contributed by atoms with van der Waals surface area (Å²) in [5.41, 5.74) is 1.55. The van der Waals surface area contributed by atoms with Crippen LogP contribution in [0.3, 0.4) is 0 Å². The maximum atomic E-state index is 10.3. The minimum absolute atomic E-state index is 0.740. The lowest BCUT2D eigenvalue weighted by Crippen LogP contribution is -2.49. The molecule has 0 unspecified atom stereocenters. The van der Waals surface area contributed by atoms with Gasteiger partial charge in [-0.15, -0.1) is 0 Å². The highest BCUT2D eigenvalue weighted by Crippen LogP contribution is 2.32. The first-order valence-corrected chi connectivity index (χ1v) is 8.70. The molecular weight excluding hydrogens is 325 g/mol. The Labute approximate surface area is 153 Å².